The molecule has 0 fully saturated rings. The molecule has 33 heavy (non-hydrogen) atoms. The number of aromatic nitrogens is 1. The Labute approximate surface area is 192 Å². The first-order valence-corrected chi connectivity index (χ1v) is 10.6. The van der Waals surface area contributed by atoms with Crippen LogP contribution in [0.15, 0.2) is 72.8 Å². The van der Waals surface area contributed by atoms with Crippen LogP contribution in [0.25, 0.3) is 16.5 Å². The number of methoxy groups -OCH3 is 1. The number of hydrogen-bond donors (Lipinski definition) is 0. The zero-order chi connectivity index (χ0) is 23.4. The van der Waals surface area contributed by atoms with E-state index in [9.17, 15) is 9.59 Å². The molecule has 0 saturated heterocycles. The number of Topliss-reactive ketones (excluding diaryl/α,β-unsaturated/α-hetero) is 1. The van der Waals surface area contributed by atoms with Gasteiger partial charge in [0.1, 0.15) is 11.5 Å². The number of benzene rings is 3. The quantitative estimate of drug-likeness (QED) is 0.281. The minimum absolute atomic E-state index is 0.263. The summed E-state index contributed by atoms with van der Waals surface area (Å²) < 4.78 is 18.0. The molecule has 0 unspecified atom stereocenters. The van der Waals surface area contributed by atoms with Crippen LogP contribution in [0.1, 0.15) is 21.7 Å². The average Bonchev–Trinajstić information content (AvgIpc) is 3.15. The topological polar surface area (TPSA) is 66.8 Å². The summed E-state index contributed by atoms with van der Waals surface area (Å²) in [7, 11) is 1.62. The molecule has 0 radical (unpaired) electrons. The lowest BCUT2D eigenvalue weighted by Gasteiger charge is -2.11. The highest BCUT2D eigenvalue weighted by molar-refractivity contribution is 5.99. The fraction of sp³-hybridized carbons (Fsp3) is 0.185. The molecule has 3 aromatic carbocycles. The third-order valence-electron chi connectivity index (χ3n) is 5.52. The fourth-order valence-electron chi connectivity index (χ4n) is 3.90. The predicted octanol–water partition coefficient (Wildman–Crippen LogP) is 5.06. The molecule has 6 nitrogen and oxygen atoms in total. The molecule has 4 rings (SSSR count). The zero-order valence-corrected chi connectivity index (χ0v) is 18.8. The van der Waals surface area contributed by atoms with Gasteiger partial charge in [-0.25, -0.2) is 4.79 Å². The first kappa shape index (κ1) is 22.1. The molecule has 0 saturated carbocycles. The highest BCUT2D eigenvalue weighted by Gasteiger charge is 2.18. The first-order valence-electron chi connectivity index (χ1n) is 10.6. The number of nitrogens with zero attached hydrogens (tertiary/aromatic N) is 1. The summed E-state index contributed by atoms with van der Waals surface area (Å²) in [6.07, 6.45) is 0. The SMILES string of the molecule is COc1ccc(-n2c(C)cc(C(=O)COC(=O)COc3cccc4ccccc34)c2C)cc1. The molecule has 1 heterocycles. The van der Waals surface area contributed by atoms with Crippen LogP contribution in [0.3, 0.4) is 0 Å². The summed E-state index contributed by atoms with van der Waals surface area (Å²) in [5, 5.41) is 1.93. The van der Waals surface area contributed by atoms with E-state index in [1.54, 1.807) is 13.2 Å². The molecule has 168 valence electrons. The van der Waals surface area contributed by atoms with Crippen LogP contribution < -0.4 is 9.47 Å². The molecule has 0 spiro atoms. The minimum atomic E-state index is -0.597. The van der Waals surface area contributed by atoms with E-state index in [4.69, 9.17) is 14.2 Å². The van der Waals surface area contributed by atoms with Gasteiger partial charge in [0.25, 0.3) is 0 Å². The van der Waals surface area contributed by atoms with Crippen LogP contribution in [0.5, 0.6) is 11.5 Å². The van der Waals surface area contributed by atoms with E-state index >= 15 is 0 Å². The molecule has 0 aliphatic heterocycles. The molecule has 4 aromatic rings. The van der Waals surface area contributed by atoms with E-state index in [1.807, 2.05) is 85.1 Å². The number of esters is 1. The number of ether oxygens (including phenoxy) is 3. The largest absolute Gasteiger partial charge is 0.497 e. The molecule has 0 aliphatic carbocycles. The molecular weight excluding hydrogens is 418 g/mol. The van der Waals surface area contributed by atoms with Gasteiger partial charge in [0.05, 0.1) is 7.11 Å². The fourth-order valence-corrected chi connectivity index (χ4v) is 3.90. The molecule has 0 amide bonds. The van der Waals surface area contributed by atoms with Crippen LogP contribution in [-0.4, -0.2) is 36.6 Å². The molecule has 0 aliphatic rings. The smallest absolute Gasteiger partial charge is 0.344 e. The lowest BCUT2D eigenvalue weighted by Crippen LogP contribution is -2.20. The van der Waals surface area contributed by atoms with Gasteiger partial charge in [-0.3, -0.25) is 4.79 Å². The third kappa shape index (κ3) is 4.75. The van der Waals surface area contributed by atoms with Crippen LogP contribution in [0, 0.1) is 13.8 Å². The number of fused-ring (bicyclic) bond motifs is 1. The van der Waals surface area contributed by atoms with Gasteiger partial charge in [-0.2, -0.15) is 0 Å². The Hall–Kier alpha value is -4.06. The summed E-state index contributed by atoms with van der Waals surface area (Å²) in [5.74, 6) is 0.496. The summed E-state index contributed by atoms with van der Waals surface area (Å²) in [6, 6.07) is 22.8. The van der Waals surface area contributed by atoms with E-state index in [0.717, 1.165) is 33.6 Å². The Morgan fingerprint density at radius 2 is 1.61 bits per heavy atom. The van der Waals surface area contributed by atoms with Crippen molar-refractivity contribution < 1.29 is 23.8 Å². The summed E-state index contributed by atoms with van der Waals surface area (Å²) in [6.45, 7) is 3.19. The van der Waals surface area contributed by atoms with Crippen molar-refractivity contribution in [2.75, 3.05) is 20.3 Å². The number of hydrogen-bond acceptors (Lipinski definition) is 5. The van der Waals surface area contributed by atoms with Crippen molar-refractivity contribution in [2.45, 2.75) is 13.8 Å². The lowest BCUT2D eigenvalue weighted by molar-refractivity contribution is -0.144. The van der Waals surface area contributed by atoms with Gasteiger partial charge in [-0.15, -0.1) is 0 Å². The van der Waals surface area contributed by atoms with E-state index < -0.39 is 5.97 Å². The van der Waals surface area contributed by atoms with Crippen molar-refractivity contribution in [1.82, 2.24) is 4.57 Å². The number of ketones is 1. The maximum absolute atomic E-state index is 12.8. The Kier molecular flexibility index (Phi) is 6.45. The maximum atomic E-state index is 12.8. The van der Waals surface area contributed by atoms with E-state index in [2.05, 4.69) is 0 Å². The van der Waals surface area contributed by atoms with Gasteiger partial charge in [0.2, 0.25) is 5.78 Å². The van der Waals surface area contributed by atoms with Crippen LogP contribution >= 0.6 is 0 Å². The number of carbonyl (C=O) groups excluding carboxylic acids is 2. The molecule has 0 N–H and O–H groups in total. The van der Waals surface area contributed by atoms with Gasteiger partial charge in [0.15, 0.2) is 13.2 Å². The minimum Gasteiger partial charge on any atom is -0.497 e. The molecular formula is C27H25NO5. The van der Waals surface area contributed by atoms with Crippen molar-refractivity contribution >= 4 is 22.5 Å². The van der Waals surface area contributed by atoms with E-state index in [1.165, 1.54) is 0 Å². The summed E-state index contributed by atoms with van der Waals surface area (Å²) in [4.78, 5) is 25.0. The predicted molar refractivity (Wildman–Crippen MR) is 127 cm³/mol. The zero-order valence-electron chi connectivity index (χ0n) is 18.8. The Morgan fingerprint density at radius 1 is 0.879 bits per heavy atom. The Bertz CT molecular complexity index is 1300. The maximum Gasteiger partial charge on any atom is 0.344 e. The average molecular weight is 443 g/mol. The third-order valence-corrected chi connectivity index (χ3v) is 5.52. The second-order valence-electron chi connectivity index (χ2n) is 7.67. The Morgan fingerprint density at radius 3 is 2.36 bits per heavy atom. The van der Waals surface area contributed by atoms with Gasteiger partial charge < -0.3 is 18.8 Å². The van der Waals surface area contributed by atoms with Crippen LogP contribution in [0.2, 0.25) is 0 Å². The van der Waals surface area contributed by atoms with Crippen molar-refractivity contribution in [2.24, 2.45) is 0 Å². The second kappa shape index (κ2) is 9.61. The van der Waals surface area contributed by atoms with Gasteiger partial charge >= 0.3 is 5.97 Å². The normalized spacial score (nSPS) is 10.8. The first-order chi connectivity index (χ1) is 16.0. The highest BCUT2D eigenvalue weighted by atomic mass is 16.6. The standard InChI is InChI=1S/C27H25NO5/c1-18-15-24(19(2)28(18)21-11-13-22(31-3)14-12-21)25(29)16-33-27(30)17-32-26-10-6-8-20-7-4-5-9-23(20)26/h4-15H,16-17H2,1-3H3. The molecule has 1 aromatic heterocycles. The molecule has 0 atom stereocenters. The van der Waals surface area contributed by atoms with Crippen molar-refractivity contribution in [3.63, 3.8) is 0 Å². The molecule has 0 bridgehead atoms. The highest BCUT2D eigenvalue weighted by Crippen LogP contribution is 2.25. The van der Waals surface area contributed by atoms with Crippen LogP contribution in [-0.2, 0) is 9.53 Å². The summed E-state index contributed by atoms with van der Waals surface area (Å²) in [5.41, 5.74) is 3.13. The van der Waals surface area contributed by atoms with E-state index in [-0.39, 0.29) is 19.0 Å². The molecule has 6 heteroatoms. The van der Waals surface area contributed by atoms with Gasteiger partial charge in [-0.05, 0) is 55.6 Å². The van der Waals surface area contributed by atoms with Gasteiger partial charge in [-0.1, -0.05) is 36.4 Å². The van der Waals surface area contributed by atoms with Gasteiger partial charge in [0, 0.05) is 28.0 Å². The lowest BCUT2D eigenvalue weighted by atomic mass is 10.1. The number of rotatable bonds is 8. The monoisotopic (exact) mass is 443 g/mol. The van der Waals surface area contributed by atoms with E-state index in [0.29, 0.717) is 11.3 Å². The number of aryl methyl sites for hydroxylation is 1. The van der Waals surface area contributed by atoms with Crippen molar-refractivity contribution in [3.05, 3.63) is 89.7 Å². The van der Waals surface area contributed by atoms with Crippen molar-refractivity contribution in [3.8, 4) is 17.2 Å². The van der Waals surface area contributed by atoms with Crippen LogP contribution in [0.4, 0.5) is 0 Å². The van der Waals surface area contributed by atoms with Crippen molar-refractivity contribution in [1.29, 1.82) is 0 Å². The second-order valence-corrected chi connectivity index (χ2v) is 7.67. The summed E-state index contributed by atoms with van der Waals surface area (Å²) >= 11 is 0. The Balaban J connectivity index is 1.39. The number of carbonyl (C=O) groups is 2.